The summed E-state index contributed by atoms with van der Waals surface area (Å²) in [6.07, 6.45) is 4.14. The highest BCUT2D eigenvalue weighted by Gasteiger charge is 2.12. The molecule has 0 aliphatic rings. The van der Waals surface area contributed by atoms with Gasteiger partial charge in [0.15, 0.2) is 0 Å². The second-order valence-electron chi connectivity index (χ2n) is 5.47. The quantitative estimate of drug-likeness (QED) is 0.810. The maximum Gasteiger partial charge on any atom is 0.0666 e. The minimum absolute atomic E-state index is 0.735. The third-order valence-corrected chi connectivity index (χ3v) is 3.65. The van der Waals surface area contributed by atoms with Crippen LogP contribution in [0.1, 0.15) is 30.2 Å². The van der Waals surface area contributed by atoms with Crippen LogP contribution in [0.4, 0.5) is 0 Å². The molecule has 0 saturated carbocycles. The van der Waals surface area contributed by atoms with Crippen molar-refractivity contribution in [3.8, 4) is 0 Å². The summed E-state index contributed by atoms with van der Waals surface area (Å²) in [6.45, 7) is 5.81. The lowest BCUT2D eigenvalue weighted by atomic mass is 10.1. The lowest BCUT2D eigenvalue weighted by Gasteiger charge is -2.22. The molecule has 0 spiro atoms. The molecule has 21 heavy (non-hydrogen) atoms. The van der Waals surface area contributed by atoms with Crippen molar-refractivity contribution < 1.29 is 0 Å². The van der Waals surface area contributed by atoms with E-state index < -0.39 is 0 Å². The van der Waals surface area contributed by atoms with Gasteiger partial charge in [-0.2, -0.15) is 5.10 Å². The molecule has 0 aliphatic heterocycles. The summed E-state index contributed by atoms with van der Waals surface area (Å²) in [5, 5.41) is 4.53. The van der Waals surface area contributed by atoms with E-state index in [1.807, 2.05) is 11.7 Å². The van der Waals surface area contributed by atoms with Gasteiger partial charge < -0.3 is 5.73 Å². The van der Waals surface area contributed by atoms with Crippen molar-refractivity contribution >= 4 is 0 Å². The largest absolute Gasteiger partial charge is 0.330 e. The van der Waals surface area contributed by atoms with Crippen LogP contribution >= 0.6 is 0 Å². The van der Waals surface area contributed by atoms with Crippen LogP contribution < -0.4 is 5.73 Å². The van der Waals surface area contributed by atoms with E-state index in [4.69, 9.17) is 5.73 Å². The second-order valence-corrected chi connectivity index (χ2v) is 5.47. The van der Waals surface area contributed by atoms with Crippen LogP contribution in [-0.4, -0.2) is 27.8 Å². The number of hydrogen-bond acceptors (Lipinski definition) is 3. The van der Waals surface area contributed by atoms with E-state index in [1.54, 1.807) is 0 Å². The molecule has 1 aromatic carbocycles. The Kier molecular flexibility index (Phi) is 5.96. The van der Waals surface area contributed by atoms with E-state index in [0.29, 0.717) is 0 Å². The predicted octanol–water partition coefficient (Wildman–Crippen LogP) is 2.33. The second kappa shape index (κ2) is 7.96. The summed E-state index contributed by atoms with van der Waals surface area (Å²) in [5.74, 6) is 0. The van der Waals surface area contributed by atoms with Crippen molar-refractivity contribution in [3.63, 3.8) is 0 Å². The van der Waals surface area contributed by atoms with Crippen LogP contribution in [0, 0.1) is 0 Å². The number of hydrogen-bond donors (Lipinski definition) is 1. The molecule has 0 atom stereocenters. The molecule has 0 fully saturated rings. The third kappa shape index (κ3) is 4.69. The molecule has 4 nitrogen and oxygen atoms in total. The SMILES string of the molecule is CCc1nn(C)cc1CN(CCCN)Cc1ccccc1. The Bertz CT molecular complexity index is 533. The van der Waals surface area contributed by atoms with Gasteiger partial charge in [-0.3, -0.25) is 9.58 Å². The topological polar surface area (TPSA) is 47.1 Å². The number of nitrogens with two attached hydrogens (primary N) is 1. The van der Waals surface area contributed by atoms with Crippen molar-refractivity contribution in [2.24, 2.45) is 12.8 Å². The van der Waals surface area contributed by atoms with Gasteiger partial charge in [0.05, 0.1) is 5.69 Å². The fourth-order valence-electron chi connectivity index (χ4n) is 2.62. The minimum Gasteiger partial charge on any atom is -0.330 e. The van der Waals surface area contributed by atoms with Crippen LogP contribution in [0.3, 0.4) is 0 Å². The molecule has 0 saturated heterocycles. The van der Waals surface area contributed by atoms with Crippen LogP contribution in [0.2, 0.25) is 0 Å². The molecule has 1 aromatic heterocycles. The van der Waals surface area contributed by atoms with Crippen LogP contribution in [-0.2, 0) is 26.6 Å². The van der Waals surface area contributed by atoms with Crippen molar-refractivity contribution in [2.45, 2.75) is 32.9 Å². The zero-order valence-electron chi connectivity index (χ0n) is 13.1. The summed E-state index contributed by atoms with van der Waals surface area (Å²) >= 11 is 0. The van der Waals surface area contributed by atoms with E-state index in [9.17, 15) is 0 Å². The summed E-state index contributed by atoms with van der Waals surface area (Å²) in [4.78, 5) is 2.46. The van der Waals surface area contributed by atoms with Crippen molar-refractivity contribution in [3.05, 3.63) is 53.3 Å². The first kappa shape index (κ1) is 15.7. The summed E-state index contributed by atoms with van der Waals surface area (Å²) in [6, 6.07) is 10.6. The van der Waals surface area contributed by atoms with Gasteiger partial charge >= 0.3 is 0 Å². The number of aryl methyl sites for hydroxylation is 2. The molecule has 2 rings (SSSR count). The van der Waals surface area contributed by atoms with Crippen LogP contribution in [0.15, 0.2) is 36.5 Å². The summed E-state index contributed by atoms with van der Waals surface area (Å²) in [5.41, 5.74) is 9.55. The third-order valence-electron chi connectivity index (χ3n) is 3.65. The standard InChI is InChI=1S/C17H26N4/c1-3-17-16(13-20(2)19-17)14-21(11-7-10-18)12-15-8-5-4-6-9-15/h4-6,8-9,13H,3,7,10-12,14,18H2,1-2H3. The molecule has 2 aromatic rings. The Morgan fingerprint density at radius 2 is 1.95 bits per heavy atom. The molecule has 2 N–H and O–H groups in total. The number of rotatable bonds is 8. The molecule has 4 heteroatoms. The summed E-state index contributed by atoms with van der Waals surface area (Å²) < 4.78 is 1.91. The first-order chi connectivity index (χ1) is 10.2. The molecular weight excluding hydrogens is 260 g/mol. The molecule has 0 unspecified atom stereocenters. The number of nitrogens with zero attached hydrogens (tertiary/aromatic N) is 3. The van der Waals surface area contributed by atoms with E-state index in [2.05, 4.69) is 53.5 Å². The molecule has 114 valence electrons. The lowest BCUT2D eigenvalue weighted by Crippen LogP contribution is -2.26. The average Bonchev–Trinajstić information content (AvgIpc) is 2.85. The minimum atomic E-state index is 0.735. The van der Waals surface area contributed by atoms with Gasteiger partial charge in [0.2, 0.25) is 0 Å². The summed E-state index contributed by atoms with van der Waals surface area (Å²) in [7, 11) is 1.99. The van der Waals surface area contributed by atoms with Gasteiger partial charge in [0, 0.05) is 38.4 Å². The first-order valence-corrected chi connectivity index (χ1v) is 7.70. The molecule has 0 radical (unpaired) electrons. The maximum atomic E-state index is 5.68. The number of aromatic nitrogens is 2. The first-order valence-electron chi connectivity index (χ1n) is 7.70. The van der Waals surface area contributed by atoms with E-state index in [-0.39, 0.29) is 0 Å². The van der Waals surface area contributed by atoms with Gasteiger partial charge in [0.25, 0.3) is 0 Å². The van der Waals surface area contributed by atoms with E-state index >= 15 is 0 Å². The Morgan fingerprint density at radius 1 is 1.19 bits per heavy atom. The molecule has 0 bridgehead atoms. The number of benzene rings is 1. The molecular formula is C17H26N4. The highest BCUT2D eigenvalue weighted by molar-refractivity contribution is 5.18. The van der Waals surface area contributed by atoms with Crippen molar-refractivity contribution in [1.29, 1.82) is 0 Å². The zero-order valence-corrected chi connectivity index (χ0v) is 13.1. The van der Waals surface area contributed by atoms with Gasteiger partial charge in [-0.1, -0.05) is 37.3 Å². The van der Waals surface area contributed by atoms with Gasteiger partial charge in [-0.05, 0) is 24.9 Å². The Morgan fingerprint density at radius 3 is 2.62 bits per heavy atom. The smallest absolute Gasteiger partial charge is 0.0666 e. The van der Waals surface area contributed by atoms with Crippen molar-refractivity contribution in [1.82, 2.24) is 14.7 Å². The molecule has 0 amide bonds. The Hall–Kier alpha value is -1.65. The Labute approximate surface area is 127 Å². The molecule has 0 aliphatic carbocycles. The van der Waals surface area contributed by atoms with E-state index in [1.165, 1.54) is 16.8 Å². The Balaban J connectivity index is 2.08. The van der Waals surface area contributed by atoms with Crippen molar-refractivity contribution in [2.75, 3.05) is 13.1 Å². The fraction of sp³-hybridized carbons (Fsp3) is 0.471. The lowest BCUT2D eigenvalue weighted by molar-refractivity contribution is 0.254. The monoisotopic (exact) mass is 286 g/mol. The highest BCUT2D eigenvalue weighted by Crippen LogP contribution is 2.14. The average molecular weight is 286 g/mol. The van der Waals surface area contributed by atoms with Crippen LogP contribution in [0.25, 0.3) is 0 Å². The fourth-order valence-corrected chi connectivity index (χ4v) is 2.62. The van der Waals surface area contributed by atoms with E-state index in [0.717, 1.165) is 39.0 Å². The zero-order chi connectivity index (χ0) is 15.1. The van der Waals surface area contributed by atoms with Gasteiger partial charge in [-0.25, -0.2) is 0 Å². The van der Waals surface area contributed by atoms with Crippen LogP contribution in [0.5, 0.6) is 0 Å². The normalized spacial score (nSPS) is 11.2. The highest BCUT2D eigenvalue weighted by atomic mass is 15.3. The van der Waals surface area contributed by atoms with Gasteiger partial charge in [0.1, 0.15) is 0 Å². The maximum absolute atomic E-state index is 5.68. The molecule has 1 heterocycles. The van der Waals surface area contributed by atoms with Gasteiger partial charge in [-0.15, -0.1) is 0 Å². The predicted molar refractivity (Wildman–Crippen MR) is 86.8 cm³/mol.